The molecule has 1 amide bonds. The number of para-hydroxylation sites is 1. The number of nitrogens with zero attached hydrogens (tertiary/aromatic N) is 3. The summed E-state index contributed by atoms with van der Waals surface area (Å²) in [6, 6.07) is 7.64. The van der Waals surface area contributed by atoms with E-state index in [2.05, 4.69) is 10.2 Å². The highest BCUT2D eigenvalue weighted by Crippen LogP contribution is 2.24. The number of carbonyl (C=O) groups is 1. The fraction of sp³-hybridized carbons (Fsp3) is 0.438. The average Bonchev–Trinajstić information content (AvgIpc) is 2.93. The summed E-state index contributed by atoms with van der Waals surface area (Å²) < 4.78 is 5.61. The Hall–Kier alpha value is -1.88. The second kappa shape index (κ2) is 6.92. The average molecular weight is 322 g/mol. The van der Waals surface area contributed by atoms with E-state index in [1.165, 1.54) is 0 Å². The third-order valence-electron chi connectivity index (χ3n) is 3.28. The number of rotatable bonds is 5. The van der Waals surface area contributed by atoms with Crippen LogP contribution in [0.15, 0.2) is 28.7 Å². The van der Waals surface area contributed by atoms with Crippen LogP contribution >= 0.6 is 11.6 Å². The van der Waals surface area contributed by atoms with Crippen LogP contribution in [0.3, 0.4) is 0 Å². The maximum atomic E-state index is 12.4. The van der Waals surface area contributed by atoms with Crippen molar-refractivity contribution in [2.45, 2.75) is 45.5 Å². The third-order valence-corrected chi connectivity index (χ3v) is 3.47. The summed E-state index contributed by atoms with van der Waals surface area (Å²) >= 11 is 5.99. The van der Waals surface area contributed by atoms with E-state index in [1.807, 2.05) is 45.0 Å². The van der Waals surface area contributed by atoms with E-state index in [1.54, 1.807) is 11.8 Å². The van der Waals surface area contributed by atoms with Crippen molar-refractivity contribution in [1.29, 1.82) is 0 Å². The van der Waals surface area contributed by atoms with E-state index in [0.717, 1.165) is 11.3 Å². The lowest BCUT2D eigenvalue weighted by Crippen LogP contribution is -2.35. The summed E-state index contributed by atoms with van der Waals surface area (Å²) in [6.45, 7) is 7.76. The Kier molecular flexibility index (Phi) is 5.19. The molecule has 2 aromatic rings. The molecular weight excluding hydrogens is 302 g/mol. The normalized spacial score (nSPS) is 12.5. The monoisotopic (exact) mass is 321 g/mol. The first kappa shape index (κ1) is 16.5. The molecule has 1 aromatic heterocycles. The van der Waals surface area contributed by atoms with Gasteiger partial charge in [0.05, 0.1) is 0 Å². The Bertz CT molecular complexity index is 652. The lowest BCUT2D eigenvalue weighted by molar-refractivity contribution is -0.118. The van der Waals surface area contributed by atoms with E-state index in [9.17, 15) is 4.79 Å². The number of halogens is 1. The molecule has 118 valence electrons. The van der Waals surface area contributed by atoms with Crippen LogP contribution in [0.25, 0.3) is 0 Å². The first-order valence-electron chi connectivity index (χ1n) is 7.23. The van der Waals surface area contributed by atoms with Gasteiger partial charge < -0.3 is 9.32 Å². The van der Waals surface area contributed by atoms with Crippen molar-refractivity contribution in [3.8, 4) is 0 Å². The van der Waals surface area contributed by atoms with Crippen molar-refractivity contribution in [2.75, 3.05) is 4.90 Å². The van der Waals surface area contributed by atoms with Gasteiger partial charge in [-0.3, -0.25) is 4.79 Å². The van der Waals surface area contributed by atoms with Crippen LogP contribution in [0.2, 0.25) is 0 Å². The predicted octanol–water partition coefficient (Wildman–Crippen LogP) is 3.66. The van der Waals surface area contributed by atoms with E-state index in [4.69, 9.17) is 16.0 Å². The van der Waals surface area contributed by atoms with Crippen molar-refractivity contribution in [3.63, 3.8) is 0 Å². The fourth-order valence-corrected chi connectivity index (χ4v) is 2.18. The van der Waals surface area contributed by atoms with Crippen molar-refractivity contribution in [3.05, 3.63) is 41.6 Å². The van der Waals surface area contributed by atoms with E-state index in [-0.39, 0.29) is 18.4 Å². The molecular formula is C16H20ClN3O2. The summed E-state index contributed by atoms with van der Waals surface area (Å²) in [4.78, 5) is 14.0. The van der Waals surface area contributed by atoms with Gasteiger partial charge in [-0.15, -0.1) is 21.8 Å². The fourth-order valence-electron chi connectivity index (χ4n) is 2.06. The molecule has 0 radical (unpaired) electrons. The number of hydrogen-bond donors (Lipinski definition) is 0. The Morgan fingerprint density at radius 2 is 1.95 bits per heavy atom. The maximum absolute atomic E-state index is 12.4. The second-order valence-electron chi connectivity index (χ2n) is 5.52. The largest absolute Gasteiger partial charge is 0.423 e. The molecule has 1 aromatic carbocycles. The number of hydrogen-bond acceptors (Lipinski definition) is 4. The summed E-state index contributed by atoms with van der Waals surface area (Å²) in [5.74, 6) is 0.916. The topological polar surface area (TPSA) is 59.2 Å². The molecule has 1 heterocycles. The van der Waals surface area contributed by atoms with Crippen molar-refractivity contribution in [2.24, 2.45) is 0 Å². The van der Waals surface area contributed by atoms with Gasteiger partial charge in [0, 0.05) is 11.6 Å². The van der Waals surface area contributed by atoms with E-state index < -0.39 is 5.38 Å². The number of alkyl halides is 1. The number of amides is 1. The van der Waals surface area contributed by atoms with Crippen molar-refractivity contribution >= 4 is 23.2 Å². The van der Waals surface area contributed by atoms with Gasteiger partial charge in [-0.25, -0.2) is 0 Å². The predicted molar refractivity (Wildman–Crippen MR) is 86.1 cm³/mol. The highest BCUT2D eigenvalue weighted by molar-refractivity contribution is 6.32. The lowest BCUT2D eigenvalue weighted by atomic mass is 10.1. The molecule has 6 heteroatoms. The molecule has 0 saturated heterocycles. The molecule has 0 spiro atoms. The highest BCUT2D eigenvalue weighted by atomic mass is 35.5. The van der Waals surface area contributed by atoms with E-state index >= 15 is 0 Å². The summed E-state index contributed by atoms with van der Waals surface area (Å²) in [7, 11) is 0. The first-order valence-corrected chi connectivity index (χ1v) is 7.67. The summed E-state index contributed by atoms with van der Waals surface area (Å²) in [5.41, 5.74) is 1.78. The number of anilines is 1. The molecule has 1 atom stereocenters. The lowest BCUT2D eigenvalue weighted by Gasteiger charge is -2.24. The minimum atomic E-state index is -0.632. The van der Waals surface area contributed by atoms with Crippen molar-refractivity contribution < 1.29 is 9.21 Å². The molecule has 0 fully saturated rings. The van der Waals surface area contributed by atoms with Gasteiger partial charge in [-0.05, 0) is 25.5 Å². The molecule has 0 aliphatic heterocycles. The Balaban J connectivity index is 2.32. The van der Waals surface area contributed by atoms with Gasteiger partial charge in [-0.2, -0.15) is 0 Å². The number of benzene rings is 1. The SMILES string of the molecule is Cc1ccccc1N(Cc1nnc(C(C)C)o1)C(=O)C(C)Cl. The zero-order chi connectivity index (χ0) is 16.3. The van der Waals surface area contributed by atoms with Gasteiger partial charge in [0.2, 0.25) is 17.7 Å². The van der Waals surface area contributed by atoms with Crippen LogP contribution in [-0.4, -0.2) is 21.5 Å². The maximum Gasteiger partial charge on any atom is 0.245 e. The molecule has 0 N–H and O–H groups in total. The minimum Gasteiger partial charge on any atom is -0.423 e. The van der Waals surface area contributed by atoms with Crippen LogP contribution < -0.4 is 4.90 Å². The minimum absolute atomic E-state index is 0.149. The number of aryl methyl sites for hydroxylation is 1. The molecule has 22 heavy (non-hydrogen) atoms. The molecule has 0 saturated carbocycles. The number of aromatic nitrogens is 2. The zero-order valence-electron chi connectivity index (χ0n) is 13.2. The molecule has 2 rings (SSSR count). The molecule has 1 unspecified atom stereocenters. The van der Waals surface area contributed by atoms with Crippen LogP contribution in [0.5, 0.6) is 0 Å². The quantitative estimate of drug-likeness (QED) is 0.788. The molecule has 0 aliphatic rings. The van der Waals surface area contributed by atoms with Gasteiger partial charge >= 0.3 is 0 Å². The second-order valence-corrected chi connectivity index (χ2v) is 6.17. The van der Waals surface area contributed by atoms with Gasteiger partial charge in [0.25, 0.3) is 0 Å². The van der Waals surface area contributed by atoms with Crippen molar-refractivity contribution in [1.82, 2.24) is 10.2 Å². The van der Waals surface area contributed by atoms with Gasteiger partial charge in [0.15, 0.2) is 0 Å². The Morgan fingerprint density at radius 1 is 1.27 bits per heavy atom. The molecule has 0 aliphatic carbocycles. The van der Waals surface area contributed by atoms with Crippen LogP contribution in [0, 0.1) is 6.92 Å². The number of carbonyl (C=O) groups excluding carboxylic acids is 1. The molecule has 0 bridgehead atoms. The summed E-state index contributed by atoms with van der Waals surface area (Å²) in [6.07, 6.45) is 0. The van der Waals surface area contributed by atoms with E-state index in [0.29, 0.717) is 11.8 Å². The Morgan fingerprint density at radius 3 is 2.50 bits per heavy atom. The van der Waals surface area contributed by atoms with Gasteiger partial charge in [0.1, 0.15) is 11.9 Å². The standard InChI is InChI=1S/C16H20ClN3O2/c1-10(2)15-19-18-14(22-15)9-20(16(21)12(4)17)13-8-6-5-7-11(13)3/h5-8,10,12H,9H2,1-4H3. The third kappa shape index (κ3) is 3.65. The molecule has 5 nitrogen and oxygen atoms in total. The van der Waals surface area contributed by atoms with Crippen LogP contribution in [0.4, 0.5) is 5.69 Å². The van der Waals surface area contributed by atoms with Crippen LogP contribution in [0.1, 0.15) is 44.0 Å². The smallest absolute Gasteiger partial charge is 0.245 e. The van der Waals surface area contributed by atoms with Gasteiger partial charge in [-0.1, -0.05) is 32.0 Å². The Labute approximate surface area is 135 Å². The zero-order valence-corrected chi connectivity index (χ0v) is 14.0. The first-order chi connectivity index (χ1) is 10.4. The summed E-state index contributed by atoms with van der Waals surface area (Å²) in [5, 5.41) is 7.39. The highest BCUT2D eigenvalue weighted by Gasteiger charge is 2.24. The van der Waals surface area contributed by atoms with Crippen LogP contribution in [-0.2, 0) is 11.3 Å².